The molecule has 5 rings (SSSR count). The van der Waals surface area contributed by atoms with Crippen LogP contribution in [0.25, 0.3) is 10.2 Å². The molecular weight excluding hydrogens is 418 g/mol. The average molecular weight is 444 g/mol. The summed E-state index contributed by atoms with van der Waals surface area (Å²) in [7, 11) is 0. The number of aryl methyl sites for hydroxylation is 2. The van der Waals surface area contributed by atoms with Gasteiger partial charge in [0.2, 0.25) is 0 Å². The maximum absolute atomic E-state index is 12.0. The summed E-state index contributed by atoms with van der Waals surface area (Å²) < 4.78 is 5.09. The van der Waals surface area contributed by atoms with Gasteiger partial charge in [0, 0.05) is 17.0 Å². The van der Waals surface area contributed by atoms with E-state index in [4.69, 9.17) is 14.7 Å². The van der Waals surface area contributed by atoms with E-state index >= 15 is 0 Å². The van der Waals surface area contributed by atoms with Crippen molar-refractivity contribution >= 4 is 39.0 Å². The van der Waals surface area contributed by atoms with E-state index in [1.807, 2.05) is 48.6 Å². The summed E-state index contributed by atoms with van der Waals surface area (Å²) >= 11 is 1.81. The lowest BCUT2D eigenvalue weighted by Crippen LogP contribution is -2.06. The average Bonchev–Trinajstić information content (AvgIpc) is 3.19. The van der Waals surface area contributed by atoms with Gasteiger partial charge in [-0.1, -0.05) is 30.3 Å². The Hall–Kier alpha value is -3.25. The number of aromatic nitrogens is 2. The lowest BCUT2D eigenvalue weighted by Gasteiger charge is -2.14. The topological polar surface area (TPSA) is 64.1 Å². The maximum Gasteiger partial charge on any atom is 0.338 e. The van der Waals surface area contributed by atoms with Crippen molar-refractivity contribution in [1.82, 2.24) is 9.97 Å². The molecule has 5 nitrogen and oxygen atoms in total. The van der Waals surface area contributed by atoms with E-state index in [9.17, 15) is 4.79 Å². The summed E-state index contributed by atoms with van der Waals surface area (Å²) in [6.45, 7) is 2.17. The molecule has 0 aliphatic heterocycles. The van der Waals surface area contributed by atoms with Crippen LogP contribution in [0.15, 0.2) is 54.6 Å². The standard InChI is InChI=1S/C26H25N3O2S/c1-2-31-26(30)18-12-14-19(15-13-18)27-24-23-20-10-6-7-11-21(20)32-25(23)29-22(28-24)16-17-8-4-3-5-9-17/h3-5,8-9,12-15H,2,6-7,10-11,16H2,1H3,(H,27,28,29). The predicted octanol–water partition coefficient (Wildman–Crippen LogP) is 6.08. The highest BCUT2D eigenvalue weighted by Crippen LogP contribution is 2.39. The molecule has 0 amide bonds. The smallest absolute Gasteiger partial charge is 0.338 e. The van der Waals surface area contributed by atoms with Gasteiger partial charge in [-0.05, 0) is 68.0 Å². The van der Waals surface area contributed by atoms with Crippen molar-refractivity contribution in [2.75, 3.05) is 11.9 Å². The number of thiophene rings is 1. The first-order chi connectivity index (χ1) is 15.7. The fourth-order valence-electron chi connectivity index (χ4n) is 4.19. The molecule has 0 fully saturated rings. The SMILES string of the molecule is CCOC(=O)c1ccc(Nc2nc(Cc3ccccc3)nc3sc4c(c23)CCCC4)cc1. The van der Waals surface area contributed by atoms with Crippen LogP contribution in [0.4, 0.5) is 11.5 Å². The predicted molar refractivity (Wildman–Crippen MR) is 129 cm³/mol. The molecule has 4 aromatic rings. The summed E-state index contributed by atoms with van der Waals surface area (Å²) in [5.74, 6) is 1.36. The number of carbonyl (C=O) groups excluding carboxylic acids is 1. The molecule has 0 atom stereocenters. The molecule has 0 saturated heterocycles. The van der Waals surface area contributed by atoms with Crippen LogP contribution < -0.4 is 5.32 Å². The lowest BCUT2D eigenvalue weighted by atomic mass is 9.97. The van der Waals surface area contributed by atoms with Crippen molar-refractivity contribution in [3.63, 3.8) is 0 Å². The number of anilines is 2. The summed E-state index contributed by atoms with van der Waals surface area (Å²) in [6, 6.07) is 17.7. The van der Waals surface area contributed by atoms with E-state index < -0.39 is 0 Å². The van der Waals surface area contributed by atoms with Crippen LogP contribution in [-0.4, -0.2) is 22.5 Å². The summed E-state index contributed by atoms with van der Waals surface area (Å²) in [5.41, 5.74) is 4.02. The largest absolute Gasteiger partial charge is 0.462 e. The molecule has 2 heterocycles. The number of fused-ring (bicyclic) bond motifs is 3. The van der Waals surface area contributed by atoms with E-state index in [2.05, 4.69) is 17.4 Å². The second-order valence-electron chi connectivity index (χ2n) is 7.96. The maximum atomic E-state index is 12.0. The van der Waals surface area contributed by atoms with Crippen LogP contribution in [0, 0.1) is 0 Å². The van der Waals surface area contributed by atoms with Gasteiger partial charge in [-0.25, -0.2) is 14.8 Å². The Labute approximate surface area is 191 Å². The molecule has 2 aromatic carbocycles. The van der Waals surface area contributed by atoms with Crippen LogP contribution >= 0.6 is 11.3 Å². The quantitative estimate of drug-likeness (QED) is 0.366. The van der Waals surface area contributed by atoms with Crippen molar-refractivity contribution in [1.29, 1.82) is 0 Å². The van der Waals surface area contributed by atoms with Crippen molar-refractivity contribution in [2.45, 2.75) is 39.0 Å². The van der Waals surface area contributed by atoms with Gasteiger partial charge in [0.1, 0.15) is 16.5 Å². The van der Waals surface area contributed by atoms with Gasteiger partial charge in [-0.3, -0.25) is 0 Å². The second kappa shape index (κ2) is 9.09. The molecule has 6 heteroatoms. The number of nitrogens with zero attached hydrogens (tertiary/aromatic N) is 2. The van der Waals surface area contributed by atoms with Gasteiger partial charge in [0.05, 0.1) is 17.6 Å². The minimum atomic E-state index is -0.305. The normalized spacial score (nSPS) is 13.0. The van der Waals surface area contributed by atoms with Gasteiger partial charge in [-0.2, -0.15) is 0 Å². The molecular formula is C26H25N3O2S. The molecule has 2 aromatic heterocycles. The van der Waals surface area contributed by atoms with Crippen LogP contribution in [0.1, 0.15) is 52.0 Å². The number of ether oxygens (including phenoxy) is 1. The minimum Gasteiger partial charge on any atom is -0.462 e. The Morgan fingerprint density at radius 2 is 1.81 bits per heavy atom. The highest BCUT2D eigenvalue weighted by atomic mass is 32.1. The van der Waals surface area contributed by atoms with Gasteiger partial charge >= 0.3 is 5.97 Å². The number of benzene rings is 2. The second-order valence-corrected chi connectivity index (χ2v) is 9.05. The Balaban J connectivity index is 1.52. The molecule has 0 bridgehead atoms. The van der Waals surface area contributed by atoms with Gasteiger partial charge in [0.15, 0.2) is 0 Å². The van der Waals surface area contributed by atoms with E-state index in [1.54, 1.807) is 12.1 Å². The number of nitrogens with one attached hydrogen (secondary N) is 1. The molecule has 1 aliphatic carbocycles. The lowest BCUT2D eigenvalue weighted by molar-refractivity contribution is 0.0526. The van der Waals surface area contributed by atoms with Gasteiger partial charge in [0.25, 0.3) is 0 Å². The van der Waals surface area contributed by atoms with Crippen molar-refractivity contribution in [3.8, 4) is 0 Å². The Bertz CT molecular complexity index is 1250. The molecule has 32 heavy (non-hydrogen) atoms. The molecule has 162 valence electrons. The number of rotatable bonds is 6. The third kappa shape index (κ3) is 4.23. The van der Waals surface area contributed by atoms with E-state index in [0.29, 0.717) is 18.6 Å². The van der Waals surface area contributed by atoms with Crippen molar-refractivity contribution in [2.24, 2.45) is 0 Å². The van der Waals surface area contributed by atoms with Crippen LogP contribution in [0.2, 0.25) is 0 Å². The zero-order valence-corrected chi connectivity index (χ0v) is 18.9. The van der Waals surface area contributed by atoms with Crippen LogP contribution in [0.5, 0.6) is 0 Å². The van der Waals surface area contributed by atoms with E-state index in [0.717, 1.165) is 40.4 Å². The zero-order valence-electron chi connectivity index (χ0n) is 18.1. The number of esters is 1. The highest BCUT2D eigenvalue weighted by Gasteiger charge is 2.21. The first kappa shape index (κ1) is 20.6. The van der Waals surface area contributed by atoms with Crippen LogP contribution in [0.3, 0.4) is 0 Å². The number of hydrogen-bond donors (Lipinski definition) is 1. The number of carbonyl (C=O) groups is 1. The van der Waals surface area contributed by atoms with Gasteiger partial charge in [-0.15, -0.1) is 11.3 Å². The van der Waals surface area contributed by atoms with Crippen molar-refractivity contribution < 1.29 is 9.53 Å². The first-order valence-electron chi connectivity index (χ1n) is 11.1. The Morgan fingerprint density at radius 3 is 2.59 bits per heavy atom. The summed E-state index contributed by atoms with van der Waals surface area (Å²) in [5, 5.41) is 4.66. The molecule has 1 aliphatic rings. The molecule has 1 N–H and O–H groups in total. The summed E-state index contributed by atoms with van der Waals surface area (Å²) in [6.07, 6.45) is 5.33. The third-order valence-electron chi connectivity index (χ3n) is 5.72. The molecule has 0 unspecified atom stereocenters. The summed E-state index contributed by atoms with van der Waals surface area (Å²) in [4.78, 5) is 24.4. The van der Waals surface area contributed by atoms with E-state index in [1.165, 1.54) is 28.8 Å². The fourth-order valence-corrected chi connectivity index (χ4v) is 5.47. The monoisotopic (exact) mass is 443 g/mol. The molecule has 0 saturated carbocycles. The van der Waals surface area contributed by atoms with Crippen LogP contribution in [-0.2, 0) is 24.0 Å². The van der Waals surface area contributed by atoms with Gasteiger partial charge < -0.3 is 10.1 Å². The Morgan fingerprint density at radius 1 is 1.03 bits per heavy atom. The Kier molecular flexibility index (Phi) is 5.86. The fraction of sp³-hybridized carbons (Fsp3) is 0.269. The molecule has 0 radical (unpaired) electrons. The third-order valence-corrected chi connectivity index (χ3v) is 6.91. The van der Waals surface area contributed by atoms with Crippen molar-refractivity contribution in [3.05, 3.63) is 82.0 Å². The molecule has 0 spiro atoms. The zero-order chi connectivity index (χ0) is 21.9. The first-order valence-corrected chi connectivity index (χ1v) is 11.9. The number of hydrogen-bond acceptors (Lipinski definition) is 6. The minimum absolute atomic E-state index is 0.305. The highest BCUT2D eigenvalue weighted by molar-refractivity contribution is 7.19. The van der Waals surface area contributed by atoms with E-state index in [-0.39, 0.29) is 5.97 Å².